The van der Waals surface area contributed by atoms with Crippen LogP contribution in [0.2, 0.25) is 0 Å². The van der Waals surface area contributed by atoms with Crippen molar-refractivity contribution in [1.82, 2.24) is 10.2 Å². The van der Waals surface area contributed by atoms with Gasteiger partial charge in [-0.1, -0.05) is 13.8 Å². The maximum Gasteiger partial charge on any atom is 0.00927 e. The van der Waals surface area contributed by atoms with Crippen LogP contribution in [0.15, 0.2) is 0 Å². The van der Waals surface area contributed by atoms with E-state index in [4.69, 9.17) is 0 Å². The van der Waals surface area contributed by atoms with Gasteiger partial charge in [-0.2, -0.15) is 0 Å². The quantitative estimate of drug-likeness (QED) is 0.775. The van der Waals surface area contributed by atoms with Crippen LogP contribution in [0.3, 0.4) is 0 Å². The van der Waals surface area contributed by atoms with Gasteiger partial charge in [0.2, 0.25) is 0 Å². The predicted octanol–water partition coefficient (Wildman–Crippen LogP) is 2.74. The van der Waals surface area contributed by atoms with Crippen molar-refractivity contribution >= 4 is 0 Å². The van der Waals surface area contributed by atoms with E-state index in [0.29, 0.717) is 6.04 Å². The Morgan fingerprint density at radius 2 is 2.00 bits per heavy atom. The zero-order valence-corrected chi connectivity index (χ0v) is 11.8. The van der Waals surface area contributed by atoms with Gasteiger partial charge in [0, 0.05) is 18.6 Å². The van der Waals surface area contributed by atoms with Crippen molar-refractivity contribution in [2.24, 2.45) is 11.8 Å². The van der Waals surface area contributed by atoms with Crippen molar-refractivity contribution in [2.45, 2.75) is 59.0 Å². The molecule has 0 amide bonds. The summed E-state index contributed by atoms with van der Waals surface area (Å²) in [7, 11) is 2.05. The lowest BCUT2D eigenvalue weighted by Crippen LogP contribution is -2.46. The molecule has 0 radical (unpaired) electrons. The fourth-order valence-corrected chi connectivity index (χ4v) is 2.87. The van der Waals surface area contributed by atoms with E-state index in [9.17, 15) is 0 Å². The second-order valence-corrected chi connectivity index (χ2v) is 5.89. The van der Waals surface area contributed by atoms with E-state index in [1.54, 1.807) is 0 Å². The van der Waals surface area contributed by atoms with Crippen molar-refractivity contribution in [2.75, 3.05) is 20.1 Å². The third-order valence-corrected chi connectivity index (χ3v) is 4.30. The SMILES string of the molecule is CNC(C)CCCN1CC(C)CC(C)C1C. The molecule has 4 unspecified atom stereocenters. The highest BCUT2D eigenvalue weighted by molar-refractivity contribution is 4.81. The molecule has 96 valence electrons. The van der Waals surface area contributed by atoms with E-state index in [1.807, 2.05) is 0 Å². The molecule has 1 aliphatic rings. The number of nitrogens with zero attached hydrogens (tertiary/aromatic N) is 1. The fraction of sp³-hybridized carbons (Fsp3) is 1.00. The van der Waals surface area contributed by atoms with E-state index in [2.05, 4.69) is 45.0 Å². The average molecular weight is 226 g/mol. The smallest absolute Gasteiger partial charge is 0.00927 e. The van der Waals surface area contributed by atoms with Crippen molar-refractivity contribution in [3.8, 4) is 0 Å². The molecule has 1 aliphatic heterocycles. The minimum atomic E-state index is 0.662. The molecule has 0 saturated carbocycles. The molecule has 16 heavy (non-hydrogen) atoms. The highest BCUT2D eigenvalue weighted by atomic mass is 15.2. The van der Waals surface area contributed by atoms with Crippen LogP contribution in [0.25, 0.3) is 0 Å². The molecule has 1 fully saturated rings. The van der Waals surface area contributed by atoms with Crippen molar-refractivity contribution in [3.63, 3.8) is 0 Å². The molecule has 2 nitrogen and oxygen atoms in total. The van der Waals surface area contributed by atoms with Gasteiger partial charge >= 0.3 is 0 Å². The first-order valence-corrected chi connectivity index (χ1v) is 6.96. The Morgan fingerprint density at radius 3 is 2.62 bits per heavy atom. The summed E-state index contributed by atoms with van der Waals surface area (Å²) >= 11 is 0. The summed E-state index contributed by atoms with van der Waals surface area (Å²) in [6.07, 6.45) is 4.03. The van der Waals surface area contributed by atoms with E-state index >= 15 is 0 Å². The van der Waals surface area contributed by atoms with E-state index in [1.165, 1.54) is 32.4 Å². The van der Waals surface area contributed by atoms with Gasteiger partial charge < -0.3 is 10.2 Å². The summed E-state index contributed by atoms with van der Waals surface area (Å²) in [5.74, 6) is 1.75. The molecule has 1 rings (SSSR count). The largest absolute Gasteiger partial charge is 0.317 e. The highest BCUT2D eigenvalue weighted by Gasteiger charge is 2.27. The molecule has 0 spiro atoms. The molecule has 1 N–H and O–H groups in total. The summed E-state index contributed by atoms with van der Waals surface area (Å²) in [5, 5.41) is 3.31. The minimum Gasteiger partial charge on any atom is -0.317 e. The lowest BCUT2D eigenvalue weighted by molar-refractivity contribution is 0.0776. The second kappa shape index (κ2) is 6.61. The Bertz CT molecular complexity index is 193. The molecule has 0 aromatic rings. The molecule has 0 aromatic heterocycles. The first-order chi connectivity index (χ1) is 7.54. The summed E-state index contributed by atoms with van der Waals surface area (Å²) < 4.78 is 0. The van der Waals surface area contributed by atoms with Crippen LogP contribution in [0, 0.1) is 11.8 Å². The van der Waals surface area contributed by atoms with Crippen LogP contribution in [-0.4, -0.2) is 37.1 Å². The number of nitrogens with one attached hydrogen (secondary N) is 1. The van der Waals surface area contributed by atoms with Gasteiger partial charge in [0.25, 0.3) is 0 Å². The minimum absolute atomic E-state index is 0.662. The van der Waals surface area contributed by atoms with Gasteiger partial charge in [-0.25, -0.2) is 0 Å². The molecular formula is C14H30N2. The summed E-state index contributed by atoms with van der Waals surface area (Å²) in [6.45, 7) is 12.1. The first kappa shape index (κ1) is 14.0. The molecule has 0 bridgehead atoms. The third kappa shape index (κ3) is 4.06. The molecule has 1 heterocycles. The van der Waals surface area contributed by atoms with Crippen LogP contribution >= 0.6 is 0 Å². The normalized spacial score (nSPS) is 33.9. The first-order valence-electron chi connectivity index (χ1n) is 6.96. The molecule has 1 saturated heterocycles. The topological polar surface area (TPSA) is 15.3 Å². The lowest BCUT2D eigenvalue weighted by Gasteiger charge is -2.41. The van der Waals surface area contributed by atoms with Crippen molar-refractivity contribution in [3.05, 3.63) is 0 Å². The number of piperidine rings is 1. The van der Waals surface area contributed by atoms with E-state index in [-0.39, 0.29) is 0 Å². The Labute approximate surface area is 102 Å². The Balaban J connectivity index is 2.29. The number of likely N-dealkylation sites (tertiary alicyclic amines) is 1. The molecule has 2 heteroatoms. The van der Waals surface area contributed by atoms with Gasteiger partial charge in [-0.15, -0.1) is 0 Å². The van der Waals surface area contributed by atoms with Gasteiger partial charge in [0.05, 0.1) is 0 Å². The number of rotatable bonds is 5. The van der Waals surface area contributed by atoms with Crippen LogP contribution in [-0.2, 0) is 0 Å². The van der Waals surface area contributed by atoms with Crippen LogP contribution in [0.4, 0.5) is 0 Å². The van der Waals surface area contributed by atoms with E-state index < -0.39 is 0 Å². The predicted molar refractivity (Wildman–Crippen MR) is 71.7 cm³/mol. The van der Waals surface area contributed by atoms with Gasteiger partial charge in [-0.05, 0) is 58.5 Å². The van der Waals surface area contributed by atoms with Crippen LogP contribution in [0.5, 0.6) is 0 Å². The molecule has 4 atom stereocenters. The standard InChI is InChI=1S/C14H30N2/c1-11-9-12(2)14(4)16(10-11)8-6-7-13(3)15-5/h11-15H,6-10H2,1-5H3. The van der Waals surface area contributed by atoms with E-state index in [0.717, 1.165) is 17.9 Å². The van der Waals surface area contributed by atoms with Gasteiger partial charge in [-0.3, -0.25) is 0 Å². The van der Waals surface area contributed by atoms with Crippen molar-refractivity contribution < 1.29 is 0 Å². The lowest BCUT2D eigenvalue weighted by atomic mass is 9.86. The molecule has 0 aliphatic carbocycles. The van der Waals surface area contributed by atoms with Gasteiger partial charge in [0.1, 0.15) is 0 Å². The molecule has 0 aromatic carbocycles. The second-order valence-electron chi connectivity index (χ2n) is 5.89. The zero-order valence-electron chi connectivity index (χ0n) is 11.8. The number of hydrogen-bond acceptors (Lipinski definition) is 2. The zero-order chi connectivity index (χ0) is 12.1. The maximum absolute atomic E-state index is 3.31. The summed E-state index contributed by atoms with van der Waals surface area (Å²) in [5.41, 5.74) is 0. The fourth-order valence-electron chi connectivity index (χ4n) is 2.87. The Morgan fingerprint density at radius 1 is 1.31 bits per heavy atom. The van der Waals surface area contributed by atoms with Crippen LogP contribution < -0.4 is 5.32 Å². The van der Waals surface area contributed by atoms with Crippen LogP contribution in [0.1, 0.15) is 47.0 Å². The third-order valence-electron chi connectivity index (χ3n) is 4.30. The average Bonchev–Trinajstić information content (AvgIpc) is 2.24. The Hall–Kier alpha value is -0.0800. The van der Waals surface area contributed by atoms with Gasteiger partial charge in [0.15, 0.2) is 0 Å². The van der Waals surface area contributed by atoms with Crippen molar-refractivity contribution in [1.29, 1.82) is 0 Å². The summed E-state index contributed by atoms with van der Waals surface area (Å²) in [6, 6.07) is 1.44. The number of hydrogen-bond donors (Lipinski definition) is 1. The monoisotopic (exact) mass is 226 g/mol. The molecular weight excluding hydrogens is 196 g/mol. The summed E-state index contributed by atoms with van der Waals surface area (Å²) in [4.78, 5) is 2.70. The highest BCUT2D eigenvalue weighted by Crippen LogP contribution is 2.26. The maximum atomic E-state index is 3.31. The Kier molecular flexibility index (Phi) is 5.77.